The molecule has 0 aromatic carbocycles. The number of nitrogens with one attached hydrogen (secondary N) is 3. The maximum atomic E-state index is 13.4. The highest BCUT2D eigenvalue weighted by Gasteiger charge is 2.11. The SMILES string of the molecule is NNc1nc(NCc2csc(=O)[nH]2)c(F)cc1F. The predicted molar refractivity (Wildman–Crippen MR) is 64.2 cm³/mol. The number of hydrogen-bond acceptors (Lipinski definition) is 6. The fourth-order valence-corrected chi connectivity index (χ4v) is 1.85. The fraction of sp³-hybridized carbons (Fsp3) is 0.111. The molecule has 0 spiro atoms. The highest BCUT2D eigenvalue weighted by atomic mass is 32.1. The Hall–Kier alpha value is -2.00. The Labute approximate surface area is 104 Å². The van der Waals surface area contributed by atoms with E-state index in [4.69, 9.17) is 5.84 Å². The fourth-order valence-electron chi connectivity index (χ4n) is 1.27. The van der Waals surface area contributed by atoms with Gasteiger partial charge in [0, 0.05) is 17.1 Å². The van der Waals surface area contributed by atoms with Gasteiger partial charge < -0.3 is 15.7 Å². The molecule has 0 aliphatic heterocycles. The van der Waals surface area contributed by atoms with E-state index in [9.17, 15) is 13.6 Å². The summed E-state index contributed by atoms with van der Waals surface area (Å²) < 4.78 is 26.5. The largest absolute Gasteiger partial charge is 0.362 e. The first-order valence-corrected chi connectivity index (χ1v) is 5.71. The van der Waals surface area contributed by atoms with E-state index in [-0.39, 0.29) is 23.1 Å². The van der Waals surface area contributed by atoms with E-state index in [1.807, 2.05) is 5.43 Å². The average Bonchev–Trinajstić information content (AvgIpc) is 2.74. The number of nitrogens with zero attached hydrogens (tertiary/aromatic N) is 1. The second-order valence-electron chi connectivity index (χ2n) is 3.32. The number of hydrogen-bond donors (Lipinski definition) is 4. The quantitative estimate of drug-likeness (QED) is 0.492. The minimum Gasteiger partial charge on any atom is -0.362 e. The Morgan fingerprint density at radius 1 is 1.39 bits per heavy atom. The summed E-state index contributed by atoms with van der Waals surface area (Å²) in [4.78, 5) is 16.8. The van der Waals surface area contributed by atoms with Crippen LogP contribution in [0.2, 0.25) is 0 Å². The number of nitrogen functional groups attached to an aromatic ring is 1. The number of rotatable bonds is 4. The summed E-state index contributed by atoms with van der Waals surface area (Å²) >= 11 is 0.996. The minimum atomic E-state index is -0.885. The van der Waals surface area contributed by atoms with Crippen LogP contribution >= 0.6 is 11.3 Å². The number of halogens is 2. The van der Waals surface area contributed by atoms with E-state index in [1.165, 1.54) is 0 Å². The van der Waals surface area contributed by atoms with Gasteiger partial charge in [-0.15, -0.1) is 0 Å². The van der Waals surface area contributed by atoms with Gasteiger partial charge in [-0.25, -0.2) is 19.6 Å². The molecular formula is C9H9F2N5OS. The topological polar surface area (TPSA) is 95.8 Å². The molecule has 0 bridgehead atoms. The van der Waals surface area contributed by atoms with Crippen molar-refractivity contribution in [3.8, 4) is 0 Å². The number of H-pyrrole nitrogens is 1. The normalized spacial score (nSPS) is 10.4. The highest BCUT2D eigenvalue weighted by Crippen LogP contribution is 2.18. The van der Waals surface area contributed by atoms with E-state index >= 15 is 0 Å². The van der Waals surface area contributed by atoms with Gasteiger partial charge in [-0.2, -0.15) is 0 Å². The lowest BCUT2D eigenvalue weighted by molar-refractivity contribution is 0.578. The lowest BCUT2D eigenvalue weighted by atomic mass is 10.4. The van der Waals surface area contributed by atoms with Gasteiger partial charge in [0.05, 0.1) is 6.54 Å². The van der Waals surface area contributed by atoms with Crippen LogP contribution in [0.15, 0.2) is 16.2 Å². The number of aromatic amines is 1. The highest BCUT2D eigenvalue weighted by molar-refractivity contribution is 7.07. The summed E-state index contributed by atoms with van der Waals surface area (Å²) in [6, 6.07) is 0.668. The standard InChI is InChI=1S/C9H9F2N5OS/c10-5-1-6(11)8(16-12)15-7(5)13-2-4-3-18-9(17)14-4/h1,3H,2,12H2,(H,14,17)(H2,13,15,16). The van der Waals surface area contributed by atoms with Crippen LogP contribution in [-0.4, -0.2) is 9.97 Å². The minimum absolute atomic E-state index is 0.156. The summed E-state index contributed by atoms with van der Waals surface area (Å²) in [5.74, 6) is 2.88. The zero-order valence-electron chi connectivity index (χ0n) is 8.96. The molecule has 2 rings (SSSR count). The third-order valence-corrected chi connectivity index (χ3v) is 2.80. The van der Waals surface area contributed by atoms with Crippen LogP contribution in [0.5, 0.6) is 0 Å². The molecule has 0 amide bonds. The average molecular weight is 273 g/mol. The van der Waals surface area contributed by atoms with E-state index < -0.39 is 11.6 Å². The van der Waals surface area contributed by atoms with Crippen LogP contribution in [0.3, 0.4) is 0 Å². The lowest BCUT2D eigenvalue weighted by Gasteiger charge is -2.08. The van der Waals surface area contributed by atoms with Crippen LogP contribution in [0.4, 0.5) is 20.4 Å². The monoisotopic (exact) mass is 273 g/mol. The zero-order chi connectivity index (χ0) is 13.1. The second kappa shape index (κ2) is 5.10. The molecule has 0 aliphatic rings. The van der Waals surface area contributed by atoms with Gasteiger partial charge >= 0.3 is 4.87 Å². The first-order valence-electron chi connectivity index (χ1n) is 4.83. The van der Waals surface area contributed by atoms with Crippen LogP contribution in [0.25, 0.3) is 0 Å². The number of thiazole rings is 1. The van der Waals surface area contributed by atoms with Gasteiger partial charge in [-0.1, -0.05) is 11.3 Å². The van der Waals surface area contributed by atoms with Gasteiger partial charge in [0.15, 0.2) is 23.3 Å². The van der Waals surface area contributed by atoms with Crippen molar-refractivity contribution in [2.24, 2.45) is 5.84 Å². The van der Waals surface area contributed by atoms with Crippen molar-refractivity contribution in [3.05, 3.63) is 38.4 Å². The Morgan fingerprint density at radius 3 is 2.72 bits per heavy atom. The zero-order valence-corrected chi connectivity index (χ0v) is 9.78. The van der Waals surface area contributed by atoms with Gasteiger partial charge in [0.1, 0.15) is 0 Å². The van der Waals surface area contributed by atoms with Gasteiger partial charge in [-0.05, 0) is 0 Å². The van der Waals surface area contributed by atoms with Crippen molar-refractivity contribution >= 4 is 23.0 Å². The van der Waals surface area contributed by atoms with Gasteiger partial charge in [-0.3, -0.25) is 4.79 Å². The number of nitrogens with two attached hydrogens (primary N) is 1. The molecule has 0 saturated heterocycles. The van der Waals surface area contributed by atoms with Gasteiger partial charge in [0.25, 0.3) is 0 Å². The Bertz CT molecular complexity index is 611. The van der Waals surface area contributed by atoms with Crippen molar-refractivity contribution in [2.75, 3.05) is 10.7 Å². The van der Waals surface area contributed by atoms with E-state index in [0.29, 0.717) is 11.8 Å². The molecular weight excluding hydrogens is 264 g/mol. The molecule has 2 aromatic rings. The molecule has 18 heavy (non-hydrogen) atoms. The molecule has 0 atom stereocenters. The molecule has 0 aliphatic carbocycles. The summed E-state index contributed by atoms with van der Waals surface area (Å²) in [7, 11) is 0. The molecule has 0 fully saturated rings. The van der Waals surface area contributed by atoms with Crippen LogP contribution < -0.4 is 21.5 Å². The third kappa shape index (κ3) is 2.63. The van der Waals surface area contributed by atoms with Crippen molar-refractivity contribution in [3.63, 3.8) is 0 Å². The molecule has 2 aromatic heterocycles. The summed E-state index contributed by atoms with van der Waals surface area (Å²) in [5, 5.41) is 4.23. The van der Waals surface area contributed by atoms with Crippen molar-refractivity contribution in [1.29, 1.82) is 0 Å². The van der Waals surface area contributed by atoms with Crippen LogP contribution in [0.1, 0.15) is 5.69 Å². The molecule has 2 heterocycles. The molecule has 0 radical (unpaired) electrons. The number of hydrazine groups is 1. The number of pyridine rings is 1. The smallest absolute Gasteiger partial charge is 0.304 e. The van der Waals surface area contributed by atoms with Crippen molar-refractivity contribution in [2.45, 2.75) is 6.54 Å². The third-order valence-electron chi connectivity index (χ3n) is 2.08. The lowest BCUT2D eigenvalue weighted by Crippen LogP contribution is -2.13. The van der Waals surface area contributed by atoms with E-state index in [0.717, 1.165) is 11.3 Å². The van der Waals surface area contributed by atoms with Crippen LogP contribution in [-0.2, 0) is 6.54 Å². The summed E-state index contributed by atoms with van der Waals surface area (Å²) in [5.41, 5.74) is 2.60. The predicted octanol–water partition coefficient (Wildman–Crippen LogP) is 1.01. The maximum absolute atomic E-state index is 13.4. The Morgan fingerprint density at radius 2 is 2.11 bits per heavy atom. The van der Waals surface area contributed by atoms with Crippen LogP contribution in [0, 0.1) is 11.6 Å². The van der Waals surface area contributed by atoms with E-state index in [2.05, 4.69) is 15.3 Å². The molecule has 5 N–H and O–H groups in total. The summed E-state index contributed by atoms with van der Waals surface area (Å²) in [6.07, 6.45) is 0. The van der Waals surface area contributed by atoms with E-state index in [1.54, 1.807) is 5.38 Å². The Kier molecular flexibility index (Phi) is 3.53. The number of aromatic nitrogens is 2. The second-order valence-corrected chi connectivity index (χ2v) is 4.16. The molecule has 96 valence electrons. The first-order chi connectivity index (χ1) is 8.60. The maximum Gasteiger partial charge on any atom is 0.304 e. The molecule has 9 heteroatoms. The van der Waals surface area contributed by atoms with Crippen molar-refractivity contribution in [1.82, 2.24) is 9.97 Å². The molecule has 0 unspecified atom stereocenters. The van der Waals surface area contributed by atoms with Crippen molar-refractivity contribution < 1.29 is 8.78 Å². The van der Waals surface area contributed by atoms with Gasteiger partial charge in [0.2, 0.25) is 0 Å². The first kappa shape index (κ1) is 12.5. The molecule has 6 nitrogen and oxygen atoms in total. The Balaban J connectivity index is 2.16. The number of anilines is 2. The molecule has 0 saturated carbocycles. The summed E-state index contributed by atoms with van der Waals surface area (Å²) in [6.45, 7) is 0.165.